The van der Waals surface area contributed by atoms with Crippen molar-refractivity contribution in [2.24, 2.45) is 5.92 Å². The first-order valence-electron chi connectivity index (χ1n) is 11.6. The van der Waals surface area contributed by atoms with Gasteiger partial charge in [0.2, 0.25) is 15.8 Å². The molecular formula is C25H31N5O3S. The number of aryl methyl sites for hydroxylation is 1. The number of carbonyl (C=O) groups excluding carboxylic acids is 1. The number of aromatic nitrogens is 3. The minimum Gasteiger partial charge on any atom is -0.349 e. The fraction of sp³-hybridized carbons (Fsp3) is 0.400. The summed E-state index contributed by atoms with van der Waals surface area (Å²) in [5, 5.41) is 7.41. The normalized spacial score (nSPS) is 15.5. The molecule has 1 N–H and O–H groups in total. The molecule has 1 amide bonds. The molecule has 0 aliphatic carbocycles. The highest BCUT2D eigenvalue weighted by atomic mass is 32.2. The second-order valence-electron chi connectivity index (χ2n) is 8.98. The van der Waals surface area contributed by atoms with Gasteiger partial charge in [-0.1, -0.05) is 50.2 Å². The van der Waals surface area contributed by atoms with Crippen LogP contribution < -0.4 is 5.32 Å². The summed E-state index contributed by atoms with van der Waals surface area (Å²) in [7, 11) is -3.47. The Labute approximate surface area is 201 Å². The van der Waals surface area contributed by atoms with Crippen LogP contribution in [0.4, 0.5) is 0 Å². The minimum atomic E-state index is -3.47. The number of amides is 1. The Balaban J connectivity index is 1.35. The Hall–Kier alpha value is -3.04. The van der Waals surface area contributed by atoms with Crippen LogP contribution in [0.1, 0.15) is 54.6 Å². The van der Waals surface area contributed by atoms with Gasteiger partial charge in [-0.15, -0.1) is 5.10 Å². The molecule has 1 saturated heterocycles. The average molecular weight is 482 g/mol. The van der Waals surface area contributed by atoms with E-state index in [1.165, 1.54) is 4.31 Å². The van der Waals surface area contributed by atoms with Crippen molar-refractivity contribution in [3.05, 3.63) is 71.8 Å². The number of rotatable bonds is 7. The topological polar surface area (TPSA) is 97.2 Å². The van der Waals surface area contributed by atoms with E-state index in [0.29, 0.717) is 49.1 Å². The second kappa shape index (κ2) is 10.1. The maximum Gasteiger partial charge on any atom is 0.290 e. The molecule has 0 unspecified atom stereocenters. The third kappa shape index (κ3) is 5.05. The van der Waals surface area contributed by atoms with E-state index < -0.39 is 10.0 Å². The third-order valence-corrected chi connectivity index (χ3v) is 8.18. The molecule has 2 heterocycles. The molecule has 0 atom stereocenters. The van der Waals surface area contributed by atoms with Crippen molar-refractivity contribution >= 4 is 15.9 Å². The van der Waals surface area contributed by atoms with E-state index in [0.717, 1.165) is 11.3 Å². The monoisotopic (exact) mass is 481 g/mol. The zero-order valence-corrected chi connectivity index (χ0v) is 20.6. The molecule has 1 aliphatic heterocycles. The van der Waals surface area contributed by atoms with Crippen molar-refractivity contribution in [3.8, 4) is 5.69 Å². The summed E-state index contributed by atoms with van der Waals surface area (Å²) in [4.78, 5) is 17.5. The van der Waals surface area contributed by atoms with Crippen molar-refractivity contribution in [2.45, 2.75) is 44.4 Å². The van der Waals surface area contributed by atoms with Gasteiger partial charge in [-0.25, -0.2) is 18.1 Å². The summed E-state index contributed by atoms with van der Waals surface area (Å²) < 4.78 is 28.8. The van der Waals surface area contributed by atoms with Gasteiger partial charge in [-0.05, 0) is 55.4 Å². The van der Waals surface area contributed by atoms with Gasteiger partial charge in [0.15, 0.2) is 0 Å². The highest BCUT2D eigenvalue weighted by molar-refractivity contribution is 7.89. The van der Waals surface area contributed by atoms with E-state index in [-0.39, 0.29) is 17.6 Å². The van der Waals surface area contributed by atoms with Crippen LogP contribution in [0.2, 0.25) is 0 Å². The number of benzene rings is 2. The molecule has 0 spiro atoms. The van der Waals surface area contributed by atoms with Crippen LogP contribution in [0.25, 0.3) is 5.69 Å². The number of para-hydroxylation sites is 1. The highest BCUT2D eigenvalue weighted by Crippen LogP contribution is 2.24. The molecule has 0 bridgehead atoms. The lowest BCUT2D eigenvalue weighted by Gasteiger charge is -2.31. The van der Waals surface area contributed by atoms with Crippen molar-refractivity contribution in [2.75, 3.05) is 19.6 Å². The number of hydrogen-bond donors (Lipinski definition) is 1. The standard InChI is InChI=1S/C25H31N5O3S/c1-18(2)22-11-7-8-12-23(22)30-19(3)27-24(28-30)25(31)26-17-20-13-15-29(16-14-20)34(32,33)21-9-5-4-6-10-21/h4-12,18,20H,13-17H2,1-3H3,(H,26,31). The Kier molecular flexibility index (Phi) is 7.13. The minimum absolute atomic E-state index is 0.139. The molecule has 1 aliphatic rings. The molecule has 1 aromatic heterocycles. The zero-order valence-electron chi connectivity index (χ0n) is 19.8. The summed E-state index contributed by atoms with van der Waals surface area (Å²) in [5.74, 6) is 0.991. The van der Waals surface area contributed by atoms with Crippen LogP contribution in [0, 0.1) is 12.8 Å². The molecule has 180 valence electrons. The molecule has 3 aromatic rings. The summed E-state index contributed by atoms with van der Waals surface area (Å²) in [6.07, 6.45) is 1.38. The lowest BCUT2D eigenvalue weighted by atomic mass is 9.98. The molecule has 0 radical (unpaired) electrons. The molecular weight excluding hydrogens is 450 g/mol. The van der Waals surface area contributed by atoms with Gasteiger partial charge in [0.05, 0.1) is 10.6 Å². The van der Waals surface area contributed by atoms with Crippen LogP contribution in [-0.4, -0.2) is 53.0 Å². The van der Waals surface area contributed by atoms with E-state index in [2.05, 4.69) is 35.3 Å². The van der Waals surface area contributed by atoms with Gasteiger partial charge < -0.3 is 5.32 Å². The van der Waals surface area contributed by atoms with E-state index in [1.54, 1.807) is 35.0 Å². The smallest absolute Gasteiger partial charge is 0.290 e. The van der Waals surface area contributed by atoms with E-state index in [4.69, 9.17) is 0 Å². The number of carbonyl (C=O) groups is 1. The Morgan fingerprint density at radius 1 is 1.06 bits per heavy atom. The lowest BCUT2D eigenvalue weighted by Crippen LogP contribution is -2.41. The van der Waals surface area contributed by atoms with Gasteiger partial charge in [0, 0.05) is 19.6 Å². The van der Waals surface area contributed by atoms with Gasteiger partial charge in [0.1, 0.15) is 5.82 Å². The molecule has 4 rings (SSSR count). The number of nitrogens with zero attached hydrogens (tertiary/aromatic N) is 4. The second-order valence-corrected chi connectivity index (χ2v) is 10.9. The summed E-state index contributed by atoms with van der Waals surface area (Å²) >= 11 is 0. The SMILES string of the molecule is Cc1nc(C(=O)NCC2CCN(S(=O)(=O)c3ccccc3)CC2)nn1-c1ccccc1C(C)C. The molecule has 9 heteroatoms. The van der Waals surface area contributed by atoms with Gasteiger partial charge in [0.25, 0.3) is 5.91 Å². The van der Waals surface area contributed by atoms with Crippen molar-refractivity contribution in [1.29, 1.82) is 0 Å². The van der Waals surface area contributed by atoms with Crippen molar-refractivity contribution in [3.63, 3.8) is 0 Å². The number of piperidine rings is 1. The Morgan fingerprint density at radius 2 is 1.71 bits per heavy atom. The van der Waals surface area contributed by atoms with Crippen molar-refractivity contribution in [1.82, 2.24) is 24.4 Å². The fourth-order valence-corrected chi connectivity index (χ4v) is 5.79. The average Bonchev–Trinajstić information content (AvgIpc) is 3.24. The van der Waals surface area contributed by atoms with Crippen LogP contribution in [0.3, 0.4) is 0 Å². The van der Waals surface area contributed by atoms with Gasteiger partial charge in [-0.2, -0.15) is 4.31 Å². The van der Waals surface area contributed by atoms with E-state index in [9.17, 15) is 13.2 Å². The summed E-state index contributed by atoms with van der Waals surface area (Å²) in [6, 6.07) is 16.5. The Bertz CT molecular complexity index is 1250. The van der Waals surface area contributed by atoms with Crippen molar-refractivity contribution < 1.29 is 13.2 Å². The summed E-state index contributed by atoms with van der Waals surface area (Å²) in [5.41, 5.74) is 2.06. The molecule has 2 aromatic carbocycles. The quantitative estimate of drug-likeness (QED) is 0.557. The maximum atomic E-state index is 12.8. The highest BCUT2D eigenvalue weighted by Gasteiger charge is 2.29. The van der Waals surface area contributed by atoms with E-state index >= 15 is 0 Å². The third-order valence-electron chi connectivity index (χ3n) is 6.26. The summed E-state index contributed by atoms with van der Waals surface area (Å²) in [6.45, 7) is 7.42. The fourth-order valence-electron chi connectivity index (χ4n) is 4.29. The maximum absolute atomic E-state index is 12.8. The number of nitrogens with one attached hydrogen (secondary N) is 1. The lowest BCUT2D eigenvalue weighted by molar-refractivity contribution is 0.0931. The predicted octanol–water partition coefficient (Wildman–Crippen LogP) is 3.53. The molecule has 0 saturated carbocycles. The zero-order chi connectivity index (χ0) is 24.3. The van der Waals surface area contributed by atoms with Crippen LogP contribution >= 0.6 is 0 Å². The van der Waals surface area contributed by atoms with E-state index in [1.807, 2.05) is 25.1 Å². The predicted molar refractivity (Wildman–Crippen MR) is 130 cm³/mol. The van der Waals surface area contributed by atoms with Gasteiger partial charge in [-0.3, -0.25) is 4.79 Å². The largest absolute Gasteiger partial charge is 0.349 e. The van der Waals surface area contributed by atoms with Crippen LogP contribution in [-0.2, 0) is 10.0 Å². The van der Waals surface area contributed by atoms with Gasteiger partial charge >= 0.3 is 0 Å². The van der Waals surface area contributed by atoms with Crippen LogP contribution in [0.5, 0.6) is 0 Å². The molecule has 34 heavy (non-hydrogen) atoms. The molecule has 8 nitrogen and oxygen atoms in total. The molecule has 1 fully saturated rings. The Morgan fingerprint density at radius 3 is 2.38 bits per heavy atom. The first-order valence-corrected chi connectivity index (χ1v) is 13.1. The first kappa shape index (κ1) is 24.1. The van der Waals surface area contributed by atoms with Crippen LogP contribution in [0.15, 0.2) is 59.5 Å². The number of sulfonamides is 1. The first-order chi connectivity index (χ1) is 16.3. The number of hydrogen-bond acceptors (Lipinski definition) is 5.